The minimum absolute atomic E-state index is 0.0531. The quantitative estimate of drug-likeness (QED) is 0.275. The third-order valence-corrected chi connectivity index (χ3v) is 2.26. The lowest BCUT2D eigenvalue weighted by molar-refractivity contribution is -0.120. The SMILES string of the molecule is CN[C@@H](CCCCNC(=O)I)C(N)=O. The summed E-state index contributed by atoms with van der Waals surface area (Å²) in [5, 5.41) is 5.52. The maximum Gasteiger partial charge on any atom is 0.280 e. The van der Waals surface area contributed by atoms with E-state index in [1.54, 1.807) is 29.6 Å². The third-order valence-electron chi connectivity index (χ3n) is 1.88. The van der Waals surface area contributed by atoms with Gasteiger partial charge in [-0.25, -0.2) is 0 Å². The summed E-state index contributed by atoms with van der Waals surface area (Å²) >= 11 is 1.69. The first kappa shape index (κ1) is 13.6. The molecule has 0 saturated carbocycles. The topological polar surface area (TPSA) is 84.2 Å². The van der Waals surface area contributed by atoms with Gasteiger partial charge in [0.05, 0.1) is 6.04 Å². The van der Waals surface area contributed by atoms with Crippen LogP contribution in [0.15, 0.2) is 0 Å². The van der Waals surface area contributed by atoms with E-state index in [2.05, 4.69) is 10.6 Å². The molecule has 82 valence electrons. The Morgan fingerprint density at radius 1 is 1.43 bits per heavy atom. The molecule has 0 unspecified atom stereocenters. The molecular weight excluding hydrogens is 297 g/mol. The molecule has 0 aromatic carbocycles. The molecular formula is C8H16IN3O2. The zero-order valence-electron chi connectivity index (χ0n) is 8.18. The second-order valence-corrected chi connectivity index (χ2v) is 3.92. The van der Waals surface area contributed by atoms with Gasteiger partial charge in [0, 0.05) is 29.1 Å². The van der Waals surface area contributed by atoms with E-state index < -0.39 is 0 Å². The van der Waals surface area contributed by atoms with Gasteiger partial charge in [0.15, 0.2) is 0 Å². The average molecular weight is 313 g/mol. The molecule has 1 atom stereocenters. The Bertz CT molecular complexity index is 199. The lowest BCUT2D eigenvalue weighted by atomic mass is 10.1. The minimum atomic E-state index is -0.328. The smallest absolute Gasteiger partial charge is 0.280 e. The van der Waals surface area contributed by atoms with Crippen LogP contribution in [0.2, 0.25) is 0 Å². The summed E-state index contributed by atoms with van der Waals surface area (Å²) < 4.78 is -0.0531. The van der Waals surface area contributed by atoms with Gasteiger partial charge in [-0.1, -0.05) is 0 Å². The zero-order chi connectivity index (χ0) is 11.0. The fourth-order valence-electron chi connectivity index (χ4n) is 1.09. The number of nitrogens with two attached hydrogens (primary N) is 1. The molecule has 0 aliphatic heterocycles. The number of hydrogen-bond donors (Lipinski definition) is 3. The van der Waals surface area contributed by atoms with E-state index in [-0.39, 0.29) is 15.9 Å². The molecule has 0 aromatic rings. The van der Waals surface area contributed by atoms with Crippen molar-refractivity contribution in [2.24, 2.45) is 5.73 Å². The van der Waals surface area contributed by atoms with Gasteiger partial charge >= 0.3 is 0 Å². The highest BCUT2D eigenvalue weighted by Gasteiger charge is 2.10. The third kappa shape index (κ3) is 7.07. The second-order valence-electron chi connectivity index (χ2n) is 2.94. The molecule has 0 rings (SSSR count). The summed E-state index contributed by atoms with van der Waals surface area (Å²) in [4.78, 5) is 21.3. The molecule has 0 radical (unpaired) electrons. The van der Waals surface area contributed by atoms with E-state index in [0.717, 1.165) is 12.8 Å². The summed E-state index contributed by atoms with van der Waals surface area (Å²) in [7, 11) is 1.71. The molecule has 0 saturated heterocycles. The molecule has 2 amide bonds. The Morgan fingerprint density at radius 2 is 2.07 bits per heavy atom. The zero-order valence-corrected chi connectivity index (χ0v) is 10.3. The molecule has 0 aromatic heterocycles. The molecule has 14 heavy (non-hydrogen) atoms. The number of halogens is 1. The van der Waals surface area contributed by atoms with Crippen molar-refractivity contribution in [3.63, 3.8) is 0 Å². The molecule has 0 bridgehead atoms. The van der Waals surface area contributed by atoms with Gasteiger partial charge in [-0.05, 0) is 26.3 Å². The number of carbonyl (C=O) groups excluding carboxylic acids is 2. The van der Waals surface area contributed by atoms with Gasteiger partial charge < -0.3 is 16.4 Å². The van der Waals surface area contributed by atoms with Gasteiger partial charge in [0.25, 0.3) is 3.91 Å². The van der Waals surface area contributed by atoms with Crippen molar-refractivity contribution < 1.29 is 9.59 Å². The summed E-state index contributed by atoms with van der Waals surface area (Å²) in [6, 6.07) is -0.259. The monoisotopic (exact) mass is 313 g/mol. The molecule has 0 spiro atoms. The van der Waals surface area contributed by atoms with E-state index >= 15 is 0 Å². The highest BCUT2D eigenvalue weighted by atomic mass is 127. The van der Waals surface area contributed by atoms with Crippen LogP contribution in [-0.2, 0) is 4.79 Å². The van der Waals surface area contributed by atoms with Crippen LogP contribution in [0.5, 0.6) is 0 Å². The van der Waals surface area contributed by atoms with Crippen LogP contribution in [-0.4, -0.2) is 29.5 Å². The van der Waals surface area contributed by atoms with Crippen LogP contribution in [0, 0.1) is 0 Å². The number of primary amides is 1. The predicted octanol–water partition coefficient (Wildman–Crippen LogP) is 0.375. The van der Waals surface area contributed by atoms with Crippen LogP contribution in [0.4, 0.5) is 4.79 Å². The van der Waals surface area contributed by atoms with E-state index in [9.17, 15) is 9.59 Å². The summed E-state index contributed by atoms with van der Waals surface area (Å²) in [6.45, 7) is 0.650. The molecule has 5 nitrogen and oxygen atoms in total. The highest BCUT2D eigenvalue weighted by Crippen LogP contribution is 1.99. The Morgan fingerprint density at radius 3 is 2.50 bits per heavy atom. The fraction of sp³-hybridized carbons (Fsp3) is 0.750. The lowest BCUT2D eigenvalue weighted by Crippen LogP contribution is -2.39. The average Bonchev–Trinajstić information content (AvgIpc) is 2.10. The van der Waals surface area contributed by atoms with Crippen molar-refractivity contribution >= 4 is 32.4 Å². The number of amides is 2. The number of hydrogen-bond acceptors (Lipinski definition) is 3. The van der Waals surface area contributed by atoms with Crippen molar-refractivity contribution in [3.05, 3.63) is 0 Å². The maximum atomic E-state index is 10.8. The molecule has 0 aliphatic carbocycles. The standard InChI is InChI=1S/C8H16IN3O2/c1-11-6(7(10)13)4-2-3-5-12-8(9)14/h6,11H,2-5H2,1H3,(H2,10,13)(H,12,14)/t6-/m0/s1. The highest BCUT2D eigenvalue weighted by molar-refractivity contribution is 14.1. The second kappa shape index (κ2) is 7.98. The minimum Gasteiger partial charge on any atom is -0.368 e. The maximum absolute atomic E-state index is 10.8. The van der Waals surface area contributed by atoms with E-state index in [1.807, 2.05) is 0 Å². The van der Waals surface area contributed by atoms with Crippen LogP contribution in [0.3, 0.4) is 0 Å². The Hall–Kier alpha value is -0.370. The van der Waals surface area contributed by atoms with Gasteiger partial charge in [-0.2, -0.15) is 0 Å². The van der Waals surface area contributed by atoms with Crippen LogP contribution < -0.4 is 16.4 Å². The summed E-state index contributed by atoms with van der Waals surface area (Å²) in [6.07, 6.45) is 2.44. The first-order valence-corrected chi connectivity index (χ1v) is 5.55. The van der Waals surface area contributed by atoms with Crippen LogP contribution in [0.1, 0.15) is 19.3 Å². The number of carbonyl (C=O) groups is 2. The van der Waals surface area contributed by atoms with Gasteiger partial charge in [0.1, 0.15) is 0 Å². The lowest BCUT2D eigenvalue weighted by Gasteiger charge is -2.11. The van der Waals surface area contributed by atoms with Gasteiger partial charge in [-0.3, -0.25) is 9.59 Å². The van der Waals surface area contributed by atoms with Gasteiger partial charge in [-0.15, -0.1) is 0 Å². The molecule has 4 N–H and O–H groups in total. The van der Waals surface area contributed by atoms with E-state index in [4.69, 9.17) is 5.73 Å². The van der Waals surface area contributed by atoms with Gasteiger partial charge in [0.2, 0.25) is 5.91 Å². The van der Waals surface area contributed by atoms with Crippen molar-refractivity contribution in [1.29, 1.82) is 0 Å². The fourth-order valence-corrected chi connectivity index (χ4v) is 1.36. The normalized spacial score (nSPS) is 12.1. The van der Waals surface area contributed by atoms with Crippen LogP contribution in [0.25, 0.3) is 0 Å². The molecule has 0 heterocycles. The summed E-state index contributed by atoms with van der Waals surface area (Å²) in [5.41, 5.74) is 5.14. The predicted molar refractivity (Wildman–Crippen MR) is 63.3 cm³/mol. The number of nitrogens with one attached hydrogen (secondary N) is 2. The van der Waals surface area contributed by atoms with Crippen LogP contribution >= 0.6 is 22.6 Å². The number of likely N-dealkylation sites (N-methyl/N-ethyl adjacent to an activating group) is 1. The first-order valence-electron chi connectivity index (χ1n) is 4.48. The van der Waals surface area contributed by atoms with Crippen molar-refractivity contribution in [1.82, 2.24) is 10.6 Å². The van der Waals surface area contributed by atoms with Crippen molar-refractivity contribution in [3.8, 4) is 0 Å². The van der Waals surface area contributed by atoms with E-state index in [0.29, 0.717) is 13.0 Å². The summed E-state index contributed by atoms with van der Waals surface area (Å²) in [5.74, 6) is -0.328. The Kier molecular flexibility index (Phi) is 7.77. The number of unbranched alkanes of at least 4 members (excludes halogenated alkanes) is 1. The van der Waals surface area contributed by atoms with Crippen molar-refractivity contribution in [2.45, 2.75) is 25.3 Å². The Labute approximate surface area is 97.3 Å². The molecule has 0 fully saturated rings. The molecule has 6 heteroatoms. The Balaban J connectivity index is 3.42. The number of rotatable bonds is 7. The largest absolute Gasteiger partial charge is 0.368 e. The molecule has 0 aliphatic rings. The van der Waals surface area contributed by atoms with Crippen molar-refractivity contribution in [2.75, 3.05) is 13.6 Å². The van der Waals surface area contributed by atoms with E-state index in [1.165, 1.54) is 0 Å². The first-order chi connectivity index (χ1) is 6.57.